The number of hydrogen-bond donors (Lipinski definition) is 2. The van der Waals surface area contributed by atoms with E-state index in [4.69, 9.17) is 4.74 Å². The molecule has 0 fully saturated rings. The van der Waals surface area contributed by atoms with Gasteiger partial charge in [0, 0.05) is 23.9 Å². The summed E-state index contributed by atoms with van der Waals surface area (Å²) in [6.45, 7) is 4.29. The molecule has 17 heavy (non-hydrogen) atoms. The van der Waals surface area contributed by atoms with Crippen molar-refractivity contribution < 1.29 is 9.84 Å². The molecular weight excluding hydrogens is 282 g/mol. The molecule has 0 spiro atoms. The molecule has 94 valence electrons. The zero-order valence-corrected chi connectivity index (χ0v) is 11.6. The highest BCUT2D eigenvalue weighted by Crippen LogP contribution is 2.33. The molecule has 3 nitrogen and oxygen atoms in total. The standard InChI is InChI=1S/C13H18BrNO2/c1-2-15-8-12(16)7-10-6-11(14)5-9-3-4-17-13(9)10/h5-6,12,15-16H,2-4,7-8H2,1H3. The predicted octanol–water partition coefficient (Wildman–Crippen LogP) is 1.90. The maximum atomic E-state index is 9.92. The third-order valence-electron chi connectivity index (χ3n) is 2.91. The zero-order valence-electron chi connectivity index (χ0n) is 10.0. The van der Waals surface area contributed by atoms with E-state index in [0.717, 1.165) is 35.4 Å². The minimum Gasteiger partial charge on any atom is -0.493 e. The summed E-state index contributed by atoms with van der Waals surface area (Å²) in [6, 6.07) is 4.14. The van der Waals surface area contributed by atoms with E-state index in [9.17, 15) is 5.11 Å². The third kappa shape index (κ3) is 3.21. The van der Waals surface area contributed by atoms with Gasteiger partial charge in [0.15, 0.2) is 0 Å². The molecule has 1 atom stereocenters. The maximum absolute atomic E-state index is 9.92. The summed E-state index contributed by atoms with van der Waals surface area (Å²) < 4.78 is 6.70. The number of rotatable bonds is 5. The van der Waals surface area contributed by atoms with Gasteiger partial charge in [-0.15, -0.1) is 0 Å². The number of fused-ring (bicyclic) bond motifs is 1. The van der Waals surface area contributed by atoms with E-state index in [1.165, 1.54) is 5.56 Å². The highest BCUT2D eigenvalue weighted by Gasteiger charge is 2.19. The van der Waals surface area contributed by atoms with E-state index in [0.29, 0.717) is 13.0 Å². The van der Waals surface area contributed by atoms with E-state index in [1.807, 2.05) is 13.0 Å². The summed E-state index contributed by atoms with van der Waals surface area (Å²) >= 11 is 3.51. The fraction of sp³-hybridized carbons (Fsp3) is 0.538. The molecule has 0 aromatic heterocycles. The summed E-state index contributed by atoms with van der Waals surface area (Å²) in [5, 5.41) is 13.1. The molecule has 4 heteroatoms. The van der Waals surface area contributed by atoms with Crippen LogP contribution in [-0.4, -0.2) is 30.9 Å². The van der Waals surface area contributed by atoms with E-state index in [1.54, 1.807) is 0 Å². The number of ether oxygens (including phenoxy) is 1. The summed E-state index contributed by atoms with van der Waals surface area (Å²) in [5.41, 5.74) is 2.34. The van der Waals surface area contributed by atoms with E-state index in [2.05, 4.69) is 27.3 Å². The molecule has 1 heterocycles. The Labute approximate surface area is 110 Å². The second-order valence-electron chi connectivity index (χ2n) is 4.32. The first-order valence-electron chi connectivity index (χ1n) is 6.03. The van der Waals surface area contributed by atoms with Gasteiger partial charge in [0.05, 0.1) is 12.7 Å². The van der Waals surface area contributed by atoms with Gasteiger partial charge in [-0.1, -0.05) is 22.9 Å². The molecular formula is C13H18BrNO2. The molecule has 0 aliphatic carbocycles. The Morgan fingerprint density at radius 3 is 3.12 bits per heavy atom. The maximum Gasteiger partial charge on any atom is 0.125 e. The Morgan fingerprint density at radius 2 is 2.35 bits per heavy atom. The Bertz CT molecular complexity index is 395. The van der Waals surface area contributed by atoms with Crippen molar-refractivity contribution in [3.8, 4) is 5.75 Å². The lowest BCUT2D eigenvalue weighted by Gasteiger charge is -2.14. The highest BCUT2D eigenvalue weighted by molar-refractivity contribution is 9.10. The van der Waals surface area contributed by atoms with Gasteiger partial charge in [0.1, 0.15) is 5.75 Å². The van der Waals surface area contributed by atoms with Crippen LogP contribution < -0.4 is 10.1 Å². The minimum absolute atomic E-state index is 0.363. The first kappa shape index (κ1) is 12.9. The second kappa shape index (κ2) is 5.85. The Morgan fingerprint density at radius 1 is 1.53 bits per heavy atom. The van der Waals surface area contributed by atoms with Crippen LogP contribution in [0.4, 0.5) is 0 Å². The van der Waals surface area contributed by atoms with Crippen molar-refractivity contribution in [3.63, 3.8) is 0 Å². The number of likely N-dealkylation sites (N-methyl/N-ethyl adjacent to an activating group) is 1. The number of aliphatic hydroxyl groups excluding tert-OH is 1. The van der Waals surface area contributed by atoms with Gasteiger partial charge in [0.25, 0.3) is 0 Å². The monoisotopic (exact) mass is 299 g/mol. The van der Waals surface area contributed by atoms with Gasteiger partial charge >= 0.3 is 0 Å². The zero-order chi connectivity index (χ0) is 12.3. The smallest absolute Gasteiger partial charge is 0.125 e. The van der Waals surface area contributed by atoms with Crippen LogP contribution in [0, 0.1) is 0 Å². The normalized spacial score (nSPS) is 15.5. The van der Waals surface area contributed by atoms with Crippen molar-refractivity contribution in [1.82, 2.24) is 5.32 Å². The third-order valence-corrected chi connectivity index (χ3v) is 3.37. The average Bonchev–Trinajstić information content (AvgIpc) is 2.74. The van der Waals surface area contributed by atoms with Gasteiger partial charge in [-0.05, 0) is 29.8 Å². The van der Waals surface area contributed by atoms with Crippen LogP contribution in [0.3, 0.4) is 0 Å². The molecule has 2 rings (SSSR count). The van der Waals surface area contributed by atoms with Gasteiger partial charge in [-0.3, -0.25) is 0 Å². The van der Waals surface area contributed by atoms with Crippen molar-refractivity contribution >= 4 is 15.9 Å². The van der Waals surface area contributed by atoms with Gasteiger partial charge < -0.3 is 15.2 Å². The van der Waals surface area contributed by atoms with Crippen molar-refractivity contribution in [2.45, 2.75) is 25.9 Å². The molecule has 0 amide bonds. The Hall–Kier alpha value is -0.580. The van der Waals surface area contributed by atoms with Crippen LogP contribution in [-0.2, 0) is 12.8 Å². The largest absolute Gasteiger partial charge is 0.493 e. The van der Waals surface area contributed by atoms with Crippen LogP contribution in [0.5, 0.6) is 5.75 Å². The highest BCUT2D eigenvalue weighted by atomic mass is 79.9. The molecule has 0 radical (unpaired) electrons. The van der Waals surface area contributed by atoms with E-state index in [-0.39, 0.29) is 6.10 Å². The lowest BCUT2D eigenvalue weighted by molar-refractivity contribution is 0.171. The number of benzene rings is 1. The van der Waals surface area contributed by atoms with Crippen molar-refractivity contribution in [3.05, 3.63) is 27.7 Å². The fourth-order valence-corrected chi connectivity index (χ4v) is 2.69. The molecule has 1 aromatic carbocycles. The van der Waals surface area contributed by atoms with Gasteiger partial charge in [-0.2, -0.15) is 0 Å². The van der Waals surface area contributed by atoms with Gasteiger partial charge in [0.2, 0.25) is 0 Å². The lowest BCUT2D eigenvalue weighted by atomic mass is 10.0. The van der Waals surface area contributed by atoms with Crippen LogP contribution in [0.1, 0.15) is 18.1 Å². The molecule has 1 aliphatic heterocycles. The first-order valence-corrected chi connectivity index (χ1v) is 6.83. The van der Waals surface area contributed by atoms with Crippen LogP contribution in [0.25, 0.3) is 0 Å². The first-order chi connectivity index (χ1) is 8.20. The van der Waals surface area contributed by atoms with Crippen molar-refractivity contribution in [1.29, 1.82) is 0 Å². The lowest BCUT2D eigenvalue weighted by Crippen LogP contribution is -2.28. The van der Waals surface area contributed by atoms with Gasteiger partial charge in [-0.25, -0.2) is 0 Å². The molecule has 1 aromatic rings. The Balaban J connectivity index is 2.10. The van der Waals surface area contributed by atoms with Crippen molar-refractivity contribution in [2.75, 3.05) is 19.7 Å². The topological polar surface area (TPSA) is 41.5 Å². The quantitative estimate of drug-likeness (QED) is 0.872. The summed E-state index contributed by atoms with van der Waals surface area (Å²) in [6.07, 6.45) is 1.23. The Kier molecular flexibility index (Phi) is 4.42. The number of hydrogen-bond acceptors (Lipinski definition) is 3. The molecule has 0 saturated carbocycles. The number of halogens is 1. The minimum atomic E-state index is -0.363. The molecule has 0 bridgehead atoms. The number of aliphatic hydroxyl groups is 1. The predicted molar refractivity (Wildman–Crippen MR) is 71.6 cm³/mol. The summed E-state index contributed by atoms with van der Waals surface area (Å²) in [5.74, 6) is 0.976. The number of nitrogens with one attached hydrogen (secondary N) is 1. The fourth-order valence-electron chi connectivity index (χ4n) is 2.13. The van der Waals surface area contributed by atoms with Crippen LogP contribution in [0.2, 0.25) is 0 Å². The van der Waals surface area contributed by atoms with E-state index >= 15 is 0 Å². The van der Waals surface area contributed by atoms with Crippen molar-refractivity contribution in [2.24, 2.45) is 0 Å². The van der Waals surface area contributed by atoms with Crippen LogP contribution in [0.15, 0.2) is 16.6 Å². The summed E-state index contributed by atoms with van der Waals surface area (Å²) in [7, 11) is 0. The summed E-state index contributed by atoms with van der Waals surface area (Å²) in [4.78, 5) is 0. The van der Waals surface area contributed by atoms with Crippen LogP contribution >= 0.6 is 15.9 Å². The van der Waals surface area contributed by atoms with E-state index < -0.39 is 0 Å². The molecule has 2 N–H and O–H groups in total. The second-order valence-corrected chi connectivity index (χ2v) is 5.23. The molecule has 1 aliphatic rings. The molecule has 0 saturated heterocycles. The average molecular weight is 300 g/mol. The molecule has 1 unspecified atom stereocenters. The SMILES string of the molecule is CCNCC(O)Cc1cc(Br)cc2c1OCC2.